The van der Waals surface area contributed by atoms with Crippen LogP contribution in [0.2, 0.25) is 0 Å². The molecule has 7 nitrogen and oxygen atoms in total. The van der Waals surface area contributed by atoms with Crippen molar-refractivity contribution in [3.05, 3.63) is 36.7 Å². The fourth-order valence-electron chi connectivity index (χ4n) is 1.79. The van der Waals surface area contributed by atoms with Crippen LogP contribution in [0.25, 0.3) is 5.69 Å². The molecule has 0 saturated carbocycles. The molecule has 0 amide bonds. The lowest BCUT2D eigenvalue weighted by molar-refractivity contribution is 0.411. The topological polar surface area (TPSA) is 85.3 Å². The second kappa shape index (κ2) is 8.14. The molecule has 1 aromatic carbocycles. The summed E-state index contributed by atoms with van der Waals surface area (Å²) in [7, 11) is -0.241. The van der Waals surface area contributed by atoms with Crippen molar-refractivity contribution in [3.63, 3.8) is 0 Å². The van der Waals surface area contributed by atoms with Crippen LogP contribution in [0.3, 0.4) is 0 Å². The van der Waals surface area contributed by atoms with Gasteiger partial charge in [0, 0.05) is 13.1 Å². The Bertz CT molecular complexity index is 703. The monoisotopic (exact) mass is 346 g/mol. The molecule has 0 aliphatic carbocycles. The smallest absolute Gasteiger partial charge is 0.243 e. The largest absolute Gasteiger partial charge is 0.494 e. The van der Waals surface area contributed by atoms with Crippen LogP contribution in [0.1, 0.15) is 0 Å². The second-order valence-electron chi connectivity index (χ2n) is 4.29. The predicted molar refractivity (Wildman–Crippen MR) is 86.5 cm³/mol. The number of nitrogens with zero attached hydrogens (tertiary/aromatic N) is 2. The fourth-order valence-corrected chi connectivity index (χ4v) is 2.75. The predicted octanol–water partition coefficient (Wildman–Crippen LogP) is 0.800. The molecular formula is C13H19ClN4O3S. The summed E-state index contributed by atoms with van der Waals surface area (Å²) in [6.45, 7) is 0.874. The van der Waals surface area contributed by atoms with Crippen LogP contribution < -0.4 is 14.8 Å². The first-order chi connectivity index (χ1) is 10.1. The quantitative estimate of drug-likeness (QED) is 0.724. The lowest BCUT2D eigenvalue weighted by Gasteiger charge is -2.07. The minimum absolute atomic E-state index is 0. The third-order valence-electron chi connectivity index (χ3n) is 2.87. The second-order valence-corrected chi connectivity index (χ2v) is 6.06. The van der Waals surface area contributed by atoms with Gasteiger partial charge in [-0.3, -0.25) is 0 Å². The summed E-state index contributed by atoms with van der Waals surface area (Å²) in [5.41, 5.74) is 0.677. The first kappa shape index (κ1) is 18.4. The summed E-state index contributed by atoms with van der Waals surface area (Å²) in [5, 5.41) is 6.97. The number of ether oxygens (including phenoxy) is 1. The van der Waals surface area contributed by atoms with Gasteiger partial charge >= 0.3 is 0 Å². The van der Waals surface area contributed by atoms with Crippen LogP contribution >= 0.6 is 12.4 Å². The van der Waals surface area contributed by atoms with E-state index in [9.17, 15) is 8.42 Å². The molecule has 2 aromatic rings. The van der Waals surface area contributed by atoms with Crippen molar-refractivity contribution >= 4 is 22.4 Å². The zero-order valence-electron chi connectivity index (χ0n) is 12.3. The van der Waals surface area contributed by atoms with Crippen molar-refractivity contribution in [1.82, 2.24) is 19.8 Å². The van der Waals surface area contributed by atoms with E-state index in [0.717, 1.165) is 0 Å². The van der Waals surface area contributed by atoms with E-state index < -0.39 is 10.0 Å². The van der Waals surface area contributed by atoms with E-state index in [0.29, 0.717) is 24.5 Å². The maximum absolute atomic E-state index is 12.1. The van der Waals surface area contributed by atoms with E-state index in [2.05, 4.69) is 15.1 Å². The highest BCUT2D eigenvalue weighted by molar-refractivity contribution is 7.89. The highest BCUT2D eigenvalue weighted by Gasteiger charge is 2.17. The molecule has 0 spiro atoms. The lowest BCUT2D eigenvalue weighted by atomic mass is 10.3. The van der Waals surface area contributed by atoms with Crippen molar-refractivity contribution in [2.45, 2.75) is 4.90 Å². The van der Waals surface area contributed by atoms with Crippen LogP contribution in [0.5, 0.6) is 5.75 Å². The molecule has 0 radical (unpaired) electrons. The summed E-state index contributed by atoms with van der Waals surface area (Å²) >= 11 is 0. The number of rotatable bonds is 7. The highest BCUT2D eigenvalue weighted by Crippen LogP contribution is 2.22. The Morgan fingerprint density at radius 2 is 2.00 bits per heavy atom. The van der Waals surface area contributed by atoms with Crippen molar-refractivity contribution in [3.8, 4) is 11.4 Å². The summed E-state index contributed by atoms with van der Waals surface area (Å²) < 4.78 is 33.4. The van der Waals surface area contributed by atoms with Crippen molar-refractivity contribution < 1.29 is 13.2 Å². The number of nitrogens with one attached hydrogen (secondary N) is 2. The van der Waals surface area contributed by atoms with E-state index >= 15 is 0 Å². The number of hydrogen-bond acceptors (Lipinski definition) is 5. The van der Waals surface area contributed by atoms with Crippen molar-refractivity contribution in [2.24, 2.45) is 0 Å². The molecule has 0 aliphatic rings. The molecule has 2 N–H and O–H groups in total. The number of para-hydroxylation sites is 2. The lowest BCUT2D eigenvalue weighted by Crippen LogP contribution is -2.30. The molecule has 9 heteroatoms. The van der Waals surface area contributed by atoms with Crippen LogP contribution in [0.4, 0.5) is 0 Å². The first-order valence-electron chi connectivity index (χ1n) is 6.41. The molecular weight excluding hydrogens is 328 g/mol. The molecule has 22 heavy (non-hydrogen) atoms. The summed E-state index contributed by atoms with van der Waals surface area (Å²) in [4.78, 5) is 0.115. The van der Waals surface area contributed by atoms with E-state index in [1.54, 1.807) is 26.3 Å². The summed E-state index contributed by atoms with van der Waals surface area (Å²) in [6, 6.07) is 7.26. The molecule has 0 fully saturated rings. The number of benzene rings is 1. The Balaban J connectivity index is 0.00000242. The zero-order chi connectivity index (χ0) is 15.3. The molecule has 0 saturated heterocycles. The van der Waals surface area contributed by atoms with Gasteiger partial charge in [0.25, 0.3) is 0 Å². The minimum atomic E-state index is -3.55. The molecule has 0 bridgehead atoms. The molecule has 0 atom stereocenters. The first-order valence-corrected chi connectivity index (χ1v) is 7.89. The zero-order valence-corrected chi connectivity index (χ0v) is 13.9. The Morgan fingerprint density at radius 3 is 2.68 bits per heavy atom. The summed E-state index contributed by atoms with van der Waals surface area (Å²) in [5.74, 6) is 0.618. The number of halogens is 1. The highest BCUT2D eigenvalue weighted by atomic mass is 35.5. The van der Waals surface area contributed by atoms with Crippen LogP contribution in [0, 0.1) is 0 Å². The fraction of sp³-hybridized carbons (Fsp3) is 0.308. The number of likely N-dealkylation sites (N-methyl/N-ethyl adjacent to an activating group) is 1. The number of hydrogen-bond donors (Lipinski definition) is 2. The van der Waals surface area contributed by atoms with Gasteiger partial charge in [0.05, 0.1) is 19.5 Å². The van der Waals surface area contributed by atoms with Gasteiger partial charge in [0.2, 0.25) is 10.0 Å². The molecule has 0 aliphatic heterocycles. The normalized spacial score (nSPS) is 11.0. The van der Waals surface area contributed by atoms with Crippen molar-refractivity contribution in [2.75, 3.05) is 27.2 Å². The van der Waals surface area contributed by atoms with Crippen LogP contribution in [-0.4, -0.2) is 45.4 Å². The molecule has 1 aromatic heterocycles. The molecule has 2 rings (SSSR count). The van der Waals surface area contributed by atoms with Gasteiger partial charge in [0.1, 0.15) is 16.3 Å². The third-order valence-corrected chi connectivity index (χ3v) is 4.28. The van der Waals surface area contributed by atoms with Crippen LogP contribution in [-0.2, 0) is 10.0 Å². The Kier molecular flexibility index (Phi) is 6.82. The molecule has 1 heterocycles. The summed E-state index contributed by atoms with van der Waals surface area (Å²) in [6.07, 6.45) is 2.77. The van der Waals surface area contributed by atoms with E-state index in [-0.39, 0.29) is 17.3 Å². The van der Waals surface area contributed by atoms with Gasteiger partial charge in [-0.25, -0.2) is 17.8 Å². The van der Waals surface area contributed by atoms with Gasteiger partial charge in [-0.1, -0.05) is 12.1 Å². The van der Waals surface area contributed by atoms with Gasteiger partial charge in [-0.05, 0) is 19.2 Å². The third kappa shape index (κ3) is 4.20. The van der Waals surface area contributed by atoms with Crippen molar-refractivity contribution in [1.29, 1.82) is 0 Å². The Labute approximate surface area is 136 Å². The van der Waals surface area contributed by atoms with Crippen LogP contribution in [0.15, 0.2) is 41.6 Å². The average Bonchev–Trinajstić information content (AvgIpc) is 2.98. The van der Waals surface area contributed by atoms with Gasteiger partial charge < -0.3 is 10.1 Å². The number of aromatic nitrogens is 2. The van der Waals surface area contributed by atoms with Gasteiger partial charge in [-0.2, -0.15) is 5.10 Å². The number of sulfonamides is 1. The van der Waals surface area contributed by atoms with E-state index in [1.807, 2.05) is 12.1 Å². The Morgan fingerprint density at radius 1 is 1.27 bits per heavy atom. The standard InChI is InChI=1S/C13H18N4O3S.ClH/c1-14-7-8-16-21(18,19)11-9-15-17(10-11)12-5-3-4-6-13(12)20-2;/h3-6,9-10,14,16H,7-8H2,1-2H3;1H. The van der Waals surface area contributed by atoms with Gasteiger partial charge in [0.15, 0.2) is 0 Å². The maximum Gasteiger partial charge on any atom is 0.243 e. The maximum atomic E-state index is 12.1. The SMILES string of the molecule is CNCCNS(=O)(=O)c1cnn(-c2ccccc2OC)c1.Cl. The minimum Gasteiger partial charge on any atom is -0.494 e. The van der Waals surface area contributed by atoms with E-state index in [4.69, 9.17) is 4.74 Å². The molecule has 0 unspecified atom stereocenters. The molecule has 122 valence electrons. The Hall–Kier alpha value is -1.61. The van der Waals surface area contributed by atoms with E-state index in [1.165, 1.54) is 17.1 Å². The van der Waals surface area contributed by atoms with Gasteiger partial charge in [-0.15, -0.1) is 12.4 Å². The average molecular weight is 347 g/mol. The number of methoxy groups -OCH3 is 1.